The third-order valence-corrected chi connectivity index (χ3v) is 2.70. The van der Waals surface area contributed by atoms with Gasteiger partial charge in [0.1, 0.15) is 5.75 Å². The molecule has 1 unspecified atom stereocenters. The predicted molar refractivity (Wildman–Crippen MR) is 72.8 cm³/mol. The predicted octanol–water partition coefficient (Wildman–Crippen LogP) is 4.51. The molecule has 0 saturated carbocycles. The monoisotopic (exact) mass is 262 g/mol. The summed E-state index contributed by atoms with van der Waals surface area (Å²) in [6.45, 7) is 5.04. The molecule has 0 aliphatic heterocycles. The molecule has 1 aromatic carbocycles. The summed E-state index contributed by atoms with van der Waals surface area (Å²) in [6.07, 6.45) is 3.58. The van der Waals surface area contributed by atoms with Crippen molar-refractivity contribution >= 4 is 21.4 Å². The molecule has 0 saturated heterocycles. The minimum Gasteiger partial charge on any atom is -0.450 e. The molecule has 0 radical (unpaired) electrons. The van der Waals surface area contributed by atoms with Crippen LogP contribution in [0.25, 0.3) is 0 Å². The Morgan fingerprint density at radius 2 is 2.06 bits per heavy atom. The molecule has 4 heteroatoms. The van der Waals surface area contributed by atoms with Crippen LogP contribution in [0.3, 0.4) is 0 Å². The molecule has 0 aliphatic carbocycles. The highest BCUT2D eigenvalue weighted by molar-refractivity contribution is 7.26. The molecule has 0 N–H and O–H groups in total. The summed E-state index contributed by atoms with van der Waals surface area (Å²) in [7, 11) is 0.117. The van der Waals surface area contributed by atoms with Crippen LogP contribution in [0.2, 0.25) is 0 Å². The van der Waals surface area contributed by atoms with E-state index in [4.69, 9.17) is 9.05 Å². The minimum atomic E-state index is 0. The third-order valence-electron chi connectivity index (χ3n) is 2.06. The molecular formula is C12H20ClO2P. The van der Waals surface area contributed by atoms with Gasteiger partial charge in [-0.2, -0.15) is 0 Å². The fourth-order valence-corrected chi connectivity index (χ4v) is 1.73. The van der Waals surface area contributed by atoms with Crippen molar-refractivity contribution in [1.82, 2.24) is 0 Å². The number of rotatable bonds is 7. The minimum absolute atomic E-state index is 0. The Kier molecular flexibility index (Phi) is 9.71. The first kappa shape index (κ1) is 15.7. The summed E-state index contributed by atoms with van der Waals surface area (Å²) < 4.78 is 10.9. The lowest BCUT2D eigenvalue weighted by Crippen LogP contribution is -1.87. The second-order valence-electron chi connectivity index (χ2n) is 3.56. The highest BCUT2D eigenvalue weighted by atomic mass is 35.5. The summed E-state index contributed by atoms with van der Waals surface area (Å²) >= 11 is 0. The average molecular weight is 263 g/mol. The first-order valence-corrected chi connectivity index (χ1v) is 6.25. The fraction of sp³-hybridized carbons (Fsp3) is 0.500. The maximum absolute atomic E-state index is 5.47. The number of benzene rings is 1. The van der Waals surface area contributed by atoms with E-state index in [1.807, 2.05) is 18.2 Å². The first-order valence-electron chi connectivity index (χ1n) is 5.43. The van der Waals surface area contributed by atoms with Crippen LogP contribution in [-0.4, -0.2) is 6.61 Å². The Morgan fingerprint density at radius 3 is 2.75 bits per heavy atom. The Hall–Kier alpha value is -0.300. The standard InChI is InChI=1S/C12H19O2P.ClH/c1-3-4-5-9-13-15-14-12-8-6-7-11(2)10-12;/h6-8,10,15H,3-5,9H2,1-2H3;1H. The van der Waals surface area contributed by atoms with Crippen molar-refractivity contribution in [2.75, 3.05) is 6.61 Å². The smallest absolute Gasteiger partial charge is 0.215 e. The topological polar surface area (TPSA) is 18.5 Å². The average Bonchev–Trinajstić information content (AvgIpc) is 2.23. The van der Waals surface area contributed by atoms with E-state index < -0.39 is 0 Å². The van der Waals surface area contributed by atoms with Crippen molar-refractivity contribution in [3.05, 3.63) is 29.8 Å². The zero-order chi connectivity index (χ0) is 10.9. The Balaban J connectivity index is 0.00000225. The molecule has 0 amide bonds. The summed E-state index contributed by atoms with van der Waals surface area (Å²) in [6, 6.07) is 8.02. The molecular weight excluding hydrogens is 243 g/mol. The fourth-order valence-electron chi connectivity index (χ4n) is 1.22. The van der Waals surface area contributed by atoms with Gasteiger partial charge < -0.3 is 9.05 Å². The van der Waals surface area contributed by atoms with Crippen LogP contribution < -0.4 is 4.52 Å². The van der Waals surface area contributed by atoms with Gasteiger partial charge in [0.2, 0.25) is 9.03 Å². The number of unbranched alkanes of at least 4 members (excludes halogenated alkanes) is 2. The molecule has 92 valence electrons. The lowest BCUT2D eigenvalue weighted by atomic mass is 10.2. The Bertz CT molecular complexity index is 281. The van der Waals surface area contributed by atoms with Crippen molar-refractivity contribution in [3.8, 4) is 5.75 Å². The molecule has 2 nitrogen and oxygen atoms in total. The Morgan fingerprint density at radius 1 is 1.25 bits per heavy atom. The number of halogens is 1. The molecule has 0 fully saturated rings. The zero-order valence-corrected chi connectivity index (χ0v) is 11.7. The first-order chi connectivity index (χ1) is 7.33. The molecule has 0 aromatic heterocycles. The van der Waals surface area contributed by atoms with E-state index in [0.717, 1.165) is 18.8 Å². The molecule has 0 bridgehead atoms. The van der Waals surface area contributed by atoms with Gasteiger partial charge in [-0.3, -0.25) is 0 Å². The van der Waals surface area contributed by atoms with Crippen LogP contribution in [0.5, 0.6) is 5.75 Å². The number of hydrogen-bond donors (Lipinski definition) is 0. The molecule has 0 aliphatic rings. The van der Waals surface area contributed by atoms with Crippen LogP contribution in [-0.2, 0) is 4.52 Å². The van der Waals surface area contributed by atoms with Gasteiger partial charge in [-0.15, -0.1) is 12.4 Å². The summed E-state index contributed by atoms with van der Waals surface area (Å²) in [5, 5.41) is 0. The van der Waals surface area contributed by atoms with Crippen LogP contribution in [0.1, 0.15) is 31.7 Å². The molecule has 0 heterocycles. The lowest BCUT2D eigenvalue weighted by molar-refractivity contribution is 0.318. The SMILES string of the molecule is CCCCCOPOc1cccc(C)c1.Cl. The van der Waals surface area contributed by atoms with E-state index in [9.17, 15) is 0 Å². The molecule has 1 aromatic rings. The zero-order valence-electron chi connectivity index (χ0n) is 9.86. The van der Waals surface area contributed by atoms with Gasteiger partial charge in [-0.1, -0.05) is 31.9 Å². The van der Waals surface area contributed by atoms with Gasteiger partial charge in [0.05, 0.1) is 6.61 Å². The van der Waals surface area contributed by atoms with Crippen LogP contribution in [0.15, 0.2) is 24.3 Å². The van der Waals surface area contributed by atoms with Crippen LogP contribution >= 0.6 is 21.4 Å². The van der Waals surface area contributed by atoms with Crippen molar-refractivity contribution < 1.29 is 9.05 Å². The largest absolute Gasteiger partial charge is 0.450 e. The maximum atomic E-state index is 5.47. The van der Waals surface area contributed by atoms with Crippen LogP contribution in [0, 0.1) is 6.92 Å². The van der Waals surface area contributed by atoms with E-state index in [0.29, 0.717) is 0 Å². The van der Waals surface area contributed by atoms with Crippen molar-refractivity contribution in [2.24, 2.45) is 0 Å². The summed E-state index contributed by atoms with van der Waals surface area (Å²) in [4.78, 5) is 0. The molecule has 1 atom stereocenters. The molecule has 0 spiro atoms. The second-order valence-corrected chi connectivity index (χ2v) is 4.22. The van der Waals surface area contributed by atoms with E-state index >= 15 is 0 Å². The highest BCUT2D eigenvalue weighted by Crippen LogP contribution is 2.22. The van der Waals surface area contributed by atoms with Gasteiger partial charge >= 0.3 is 0 Å². The van der Waals surface area contributed by atoms with E-state index in [1.165, 1.54) is 18.4 Å². The molecule has 16 heavy (non-hydrogen) atoms. The van der Waals surface area contributed by atoms with E-state index in [1.54, 1.807) is 0 Å². The summed E-state index contributed by atoms with van der Waals surface area (Å²) in [5.41, 5.74) is 1.21. The normalized spacial score (nSPS) is 10.4. The Labute approximate surface area is 106 Å². The van der Waals surface area contributed by atoms with Crippen molar-refractivity contribution in [2.45, 2.75) is 33.1 Å². The highest BCUT2D eigenvalue weighted by Gasteiger charge is 1.94. The van der Waals surface area contributed by atoms with E-state index in [2.05, 4.69) is 19.9 Å². The lowest BCUT2D eigenvalue weighted by Gasteiger charge is -2.06. The van der Waals surface area contributed by atoms with Crippen molar-refractivity contribution in [3.63, 3.8) is 0 Å². The van der Waals surface area contributed by atoms with Gasteiger partial charge in [0.15, 0.2) is 0 Å². The van der Waals surface area contributed by atoms with Gasteiger partial charge in [0.25, 0.3) is 0 Å². The number of hydrogen-bond acceptors (Lipinski definition) is 2. The molecule has 1 rings (SSSR count). The van der Waals surface area contributed by atoms with Crippen LogP contribution in [0.4, 0.5) is 0 Å². The van der Waals surface area contributed by atoms with E-state index in [-0.39, 0.29) is 21.4 Å². The maximum Gasteiger partial charge on any atom is 0.215 e. The second kappa shape index (κ2) is 9.89. The van der Waals surface area contributed by atoms with Gasteiger partial charge in [0, 0.05) is 0 Å². The van der Waals surface area contributed by atoms with Gasteiger partial charge in [-0.05, 0) is 31.0 Å². The third kappa shape index (κ3) is 7.05. The number of aryl methyl sites for hydroxylation is 1. The quantitative estimate of drug-likeness (QED) is 0.532. The van der Waals surface area contributed by atoms with Gasteiger partial charge in [-0.25, -0.2) is 0 Å². The summed E-state index contributed by atoms with van der Waals surface area (Å²) in [5.74, 6) is 0.892. The van der Waals surface area contributed by atoms with Crippen molar-refractivity contribution in [1.29, 1.82) is 0 Å².